The molecule has 3 rings (SSSR count). The lowest BCUT2D eigenvalue weighted by molar-refractivity contribution is -0.147. The Hall–Kier alpha value is -2.18. The Bertz CT molecular complexity index is 753. The second-order valence-corrected chi connectivity index (χ2v) is 9.01. The zero-order chi connectivity index (χ0) is 21.6. The van der Waals surface area contributed by atoms with E-state index in [1.54, 1.807) is 11.6 Å². The third-order valence-corrected chi connectivity index (χ3v) is 7.23. The van der Waals surface area contributed by atoms with Gasteiger partial charge in [-0.15, -0.1) is 0 Å². The van der Waals surface area contributed by atoms with Gasteiger partial charge in [-0.05, 0) is 53.7 Å². The van der Waals surface area contributed by atoms with Crippen LogP contribution >= 0.6 is 0 Å². The molecule has 3 atom stereocenters. The normalized spacial score (nSPS) is 24.6. The number of hydrogen-bond donors (Lipinski definition) is 4. The molecule has 1 aromatic rings. The van der Waals surface area contributed by atoms with Gasteiger partial charge in [0.25, 0.3) is 5.91 Å². The van der Waals surface area contributed by atoms with Gasteiger partial charge in [0.15, 0.2) is 0 Å². The van der Waals surface area contributed by atoms with Crippen molar-refractivity contribution in [3.8, 4) is 0 Å². The fraction of sp³-hybridized carbons (Fsp3) is 0.583. The minimum absolute atomic E-state index is 0.152. The summed E-state index contributed by atoms with van der Waals surface area (Å²) in [5.41, 5.74) is 3.25. The lowest BCUT2D eigenvalue weighted by Crippen LogP contribution is -2.55. The van der Waals surface area contributed by atoms with Crippen LogP contribution in [0, 0.1) is 17.3 Å². The summed E-state index contributed by atoms with van der Waals surface area (Å²) in [7, 11) is 0. The van der Waals surface area contributed by atoms with Gasteiger partial charge in [-0.2, -0.15) is 0 Å². The largest absolute Gasteiger partial charge is 0.480 e. The molecule has 2 saturated carbocycles. The number of amides is 1. The molecule has 0 bridgehead atoms. The molecule has 1 amide bonds. The summed E-state index contributed by atoms with van der Waals surface area (Å²) in [6, 6.07) is 7.10. The van der Waals surface area contributed by atoms with Crippen LogP contribution in [0.3, 0.4) is 0 Å². The molecule has 2 fully saturated rings. The van der Waals surface area contributed by atoms with Crippen molar-refractivity contribution in [3.63, 3.8) is 0 Å². The number of nitrogens with one attached hydrogen (secondary N) is 2. The van der Waals surface area contributed by atoms with Crippen molar-refractivity contribution < 1.29 is 19.9 Å². The van der Waals surface area contributed by atoms with E-state index in [1.165, 1.54) is 25.3 Å². The molecule has 0 aliphatic heterocycles. The van der Waals surface area contributed by atoms with Gasteiger partial charge in [0, 0.05) is 12.6 Å². The number of carboxylic acid groups (broad SMARTS) is 1. The molecule has 2 unspecified atom stereocenters. The second kappa shape index (κ2) is 10.2. The Morgan fingerprint density at radius 2 is 1.83 bits per heavy atom. The molecular formula is C24H34N2O4. The standard InChI is InChI=1S/C24H34N2O4/c1-17-6-5-7-20(17)24(14-3-2-4-15-24)22(23(28)29)25-16-19-10-8-18(9-11-19)12-13-21(27)26-30/h8-13,17,20,22,25,30H,2-7,14-16H2,1H3,(H,26,27)(H,28,29)/t17?,20?,22-/m1/s1. The highest BCUT2D eigenvalue weighted by atomic mass is 16.5. The van der Waals surface area contributed by atoms with Gasteiger partial charge in [0.05, 0.1) is 0 Å². The third-order valence-electron chi connectivity index (χ3n) is 7.23. The zero-order valence-electron chi connectivity index (χ0n) is 17.8. The van der Waals surface area contributed by atoms with E-state index >= 15 is 0 Å². The highest BCUT2D eigenvalue weighted by molar-refractivity contribution is 5.90. The van der Waals surface area contributed by atoms with Gasteiger partial charge < -0.3 is 5.11 Å². The quantitative estimate of drug-likeness (QED) is 0.291. The first kappa shape index (κ1) is 22.5. The van der Waals surface area contributed by atoms with Gasteiger partial charge in [-0.1, -0.05) is 63.3 Å². The predicted molar refractivity (Wildman–Crippen MR) is 116 cm³/mol. The topological polar surface area (TPSA) is 98.7 Å². The lowest BCUT2D eigenvalue weighted by Gasteiger charge is -2.48. The zero-order valence-corrected chi connectivity index (χ0v) is 17.8. The Kier molecular flexibility index (Phi) is 7.67. The predicted octanol–water partition coefficient (Wildman–Crippen LogP) is 4.13. The van der Waals surface area contributed by atoms with Crippen molar-refractivity contribution in [2.24, 2.45) is 17.3 Å². The summed E-state index contributed by atoms with van der Waals surface area (Å²) in [4.78, 5) is 23.5. The Morgan fingerprint density at radius 1 is 1.13 bits per heavy atom. The minimum Gasteiger partial charge on any atom is -0.480 e. The van der Waals surface area contributed by atoms with Crippen LogP contribution in [0.15, 0.2) is 30.3 Å². The molecular weight excluding hydrogens is 380 g/mol. The molecule has 30 heavy (non-hydrogen) atoms. The molecule has 0 saturated heterocycles. The number of benzene rings is 1. The Labute approximate surface area is 178 Å². The molecule has 0 spiro atoms. The van der Waals surface area contributed by atoms with E-state index in [9.17, 15) is 14.7 Å². The summed E-state index contributed by atoms with van der Waals surface area (Å²) in [6.07, 6.45) is 11.9. The fourth-order valence-corrected chi connectivity index (χ4v) is 5.80. The van der Waals surface area contributed by atoms with Crippen LogP contribution in [0.25, 0.3) is 6.08 Å². The maximum Gasteiger partial charge on any atom is 0.321 e. The Balaban J connectivity index is 1.72. The van der Waals surface area contributed by atoms with E-state index in [1.807, 2.05) is 24.3 Å². The number of hydroxylamine groups is 1. The number of carbonyl (C=O) groups is 2. The van der Waals surface area contributed by atoms with Crippen molar-refractivity contribution in [2.75, 3.05) is 0 Å². The van der Waals surface area contributed by atoms with Gasteiger partial charge in [0.2, 0.25) is 0 Å². The van der Waals surface area contributed by atoms with E-state index < -0.39 is 17.9 Å². The Morgan fingerprint density at radius 3 is 2.40 bits per heavy atom. The van der Waals surface area contributed by atoms with E-state index in [2.05, 4.69) is 12.2 Å². The van der Waals surface area contributed by atoms with E-state index in [4.69, 9.17) is 5.21 Å². The molecule has 0 heterocycles. The molecule has 1 aromatic carbocycles. The summed E-state index contributed by atoms with van der Waals surface area (Å²) < 4.78 is 0. The van der Waals surface area contributed by atoms with Crippen LogP contribution in [0.1, 0.15) is 69.4 Å². The molecule has 4 N–H and O–H groups in total. The minimum atomic E-state index is -0.731. The van der Waals surface area contributed by atoms with Gasteiger partial charge in [-0.25, -0.2) is 5.48 Å². The first-order chi connectivity index (χ1) is 14.5. The van der Waals surface area contributed by atoms with Crippen molar-refractivity contribution in [3.05, 3.63) is 41.5 Å². The average Bonchev–Trinajstić information content (AvgIpc) is 3.20. The highest BCUT2D eigenvalue weighted by Gasteiger charge is 2.51. The summed E-state index contributed by atoms with van der Waals surface area (Å²) >= 11 is 0. The van der Waals surface area contributed by atoms with Crippen LogP contribution < -0.4 is 10.8 Å². The molecule has 0 aromatic heterocycles. The molecule has 164 valence electrons. The van der Waals surface area contributed by atoms with E-state index in [0.29, 0.717) is 18.4 Å². The van der Waals surface area contributed by atoms with Gasteiger partial charge in [0.1, 0.15) is 6.04 Å². The molecule has 6 nitrogen and oxygen atoms in total. The number of carbonyl (C=O) groups excluding carboxylic acids is 1. The smallest absolute Gasteiger partial charge is 0.321 e. The molecule has 2 aliphatic rings. The first-order valence-electron chi connectivity index (χ1n) is 11.1. The van der Waals surface area contributed by atoms with Crippen molar-refractivity contribution in [1.82, 2.24) is 10.8 Å². The van der Waals surface area contributed by atoms with Crippen LogP contribution in [0.5, 0.6) is 0 Å². The molecule has 2 aliphatic carbocycles. The van der Waals surface area contributed by atoms with E-state index in [0.717, 1.165) is 43.2 Å². The average molecular weight is 415 g/mol. The molecule has 0 radical (unpaired) electrons. The fourth-order valence-electron chi connectivity index (χ4n) is 5.80. The maximum atomic E-state index is 12.4. The van der Waals surface area contributed by atoms with Crippen molar-refractivity contribution in [2.45, 2.75) is 70.9 Å². The van der Waals surface area contributed by atoms with Crippen LogP contribution in [0.2, 0.25) is 0 Å². The summed E-state index contributed by atoms with van der Waals surface area (Å²) in [5, 5.41) is 22.1. The number of aliphatic carboxylic acids is 1. The second-order valence-electron chi connectivity index (χ2n) is 9.01. The summed E-state index contributed by atoms with van der Waals surface area (Å²) in [6.45, 7) is 2.80. The SMILES string of the molecule is CC1CCCC1C1([C@H](NCc2ccc(C=CC(=O)NO)cc2)C(=O)O)CCCCC1. The third kappa shape index (κ3) is 5.10. The summed E-state index contributed by atoms with van der Waals surface area (Å²) in [5.74, 6) is -0.236. The first-order valence-corrected chi connectivity index (χ1v) is 11.1. The maximum absolute atomic E-state index is 12.4. The van der Waals surface area contributed by atoms with Crippen molar-refractivity contribution >= 4 is 18.0 Å². The van der Waals surface area contributed by atoms with Gasteiger partial charge >= 0.3 is 5.97 Å². The number of carboxylic acids is 1. The monoisotopic (exact) mass is 414 g/mol. The van der Waals surface area contributed by atoms with Crippen LogP contribution in [0.4, 0.5) is 0 Å². The van der Waals surface area contributed by atoms with Gasteiger partial charge in [-0.3, -0.25) is 20.1 Å². The molecule has 6 heteroatoms. The van der Waals surface area contributed by atoms with Crippen LogP contribution in [-0.2, 0) is 16.1 Å². The van der Waals surface area contributed by atoms with Crippen LogP contribution in [-0.4, -0.2) is 28.2 Å². The number of rotatable bonds is 8. The van der Waals surface area contributed by atoms with Crippen molar-refractivity contribution in [1.29, 1.82) is 0 Å². The number of hydrogen-bond acceptors (Lipinski definition) is 4. The van der Waals surface area contributed by atoms with E-state index in [-0.39, 0.29) is 5.41 Å². The highest BCUT2D eigenvalue weighted by Crippen LogP contribution is 2.53. The lowest BCUT2D eigenvalue weighted by atomic mass is 9.59.